The number of nitro benzene ring substituents is 1. The Morgan fingerprint density at radius 3 is 2.58 bits per heavy atom. The van der Waals surface area contributed by atoms with Crippen LogP contribution in [0.25, 0.3) is 0 Å². The molecular formula is C17H18N2O5. The highest BCUT2D eigenvalue weighted by Gasteiger charge is 2.19. The molecule has 1 atom stereocenters. The van der Waals surface area contributed by atoms with Crippen LogP contribution in [0.1, 0.15) is 13.3 Å². The molecule has 126 valence electrons. The zero-order valence-electron chi connectivity index (χ0n) is 13.4. The highest BCUT2D eigenvalue weighted by atomic mass is 16.6. The SMILES string of the molecule is CCC(Oc1cccc(OC)c1)C(=O)Nc1cccc([N+](=O)[O-])c1. The number of ether oxygens (including phenoxy) is 2. The lowest BCUT2D eigenvalue weighted by atomic mass is 10.2. The van der Waals surface area contributed by atoms with Crippen LogP contribution in [0.2, 0.25) is 0 Å². The number of amides is 1. The van der Waals surface area contributed by atoms with Crippen LogP contribution in [0.4, 0.5) is 11.4 Å². The molecule has 0 aliphatic rings. The molecule has 0 aromatic heterocycles. The Bertz CT molecular complexity index is 732. The van der Waals surface area contributed by atoms with E-state index in [9.17, 15) is 14.9 Å². The first kappa shape index (κ1) is 17.3. The minimum Gasteiger partial charge on any atom is -0.497 e. The monoisotopic (exact) mass is 330 g/mol. The zero-order valence-corrected chi connectivity index (χ0v) is 13.4. The normalized spacial score (nSPS) is 11.4. The van der Waals surface area contributed by atoms with Gasteiger partial charge >= 0.3 is 0 Å². The van der Waals surface area contributed by atoms with Gasteiger partial charge < -0.3 is 14.8 Å². The van der Waals surface area contributed by atoms with Gasteiger partial charge in [0.1, 0.15) is 11.5 Å². The molecule has 7 nitrogen and oxygen atoms in total. The Morgan fingerprint density at radius 1 is 1.21 bits per heavy atom. The van der Waals surface area contributed by atoms with Gasteiger partial charge in [0.2, 0.25) is 0 Å². The van der Waals surface area contributed by atoms with Gasteiger partial charge in [-0.2, -0.15) is 0 Å². The second-order valence-electron chi connectivity index (χ2n) is 4.99. The first-order chi connectivity index (χ1) is 11.5. The summed E-state index contributed by atoms with van der Waals surface area (Å²) in [6, 6.07) is 12.7. The Labute approximate surface area is 139 Å². The first-order valence-corrected chi connectivity index (χ1v) is 7.39. The van der Waals surface area contributed by atoms with Gasteiger partial charge in [0.05, 0.1) is 12.0 Å². The van der Waals surface area contributed by atoms with E-state index in [1.165, 1.54) is 18.2 Å². The van der Waals surface area contributed by atoms with E-state index in [1.807, 2.05) is 6.92 Å². The molecule has 1 unspecified atom stereocenters. The van der Waals surface area contributed by atoms with Crippen molar-refractivity contribution >= 4 is 17.3 Å². The quantitative estimate of drug-likeness (QED) is 0.620. The van der Waals surface area contributed by atoms with Crippen LogP contribution in [0, 0.1) is 10.1 Å². The standard InChI is InChI=1S/C17H18N2O5/c1-3-16(24-15-9-5-8-14(11-15)23-2)17(20)18-12-6-4-7-13(10-12)19(21)22/h4-11,16H,3H2,1-2H3,(H,18,20). The number of benzene rings is 2. The van der Waals surface area contributed by atoms with Crippen molar-refractivity contribution in [1.29, 1.82) is 0 Å². The molecule has 0 fully saturated rings. The van der Waals surface area contributed by atoms with Gasteiger partial charge in [0, 0.05) is 23.9 Å². The number of carbonyl (C=O) groups excluding carboxylic acids is 1. The second kappa shape index (κ2) is 7.96. The van der Waals surface area contributed by atoms with E-state index < -0.39 is 11.0 Å². The van der Waals surface area contributed by atoms with Crippen LogP contribution in [-0.4, -0.2) is 24.0 Å². The first-order valence-electron chi connectivity index (χ1n) is 7.39. The maximum atomic E-state index is 12.3. The van der Waals surface area contributed by atoms with Gasteiger partial charge in [-0.1, -0.05) is 19.1 Å². The molecule has 24 heavy (non-hydrogen) atoms. The van der Waals surface area contributed by atoms with Crippen molar-refractivity contribution in [3.05, 3.63) is 58.6 Å². The average molecular weight is 330 g/mol. The van der Waals surface area contributed by atoms with Crippen LogP contribution < -0.4 is 14.8 Å². The minimum atomic E-state index is -0.726. The summed E-state index contributed by atoms with van der Waals surface area (Å²) in [5.74, 6) is 0.762. The second-order valence-corrected chi connectivity index (χ2v) is 4.99. The fourth-order valence-corrected chi connectivity index (χ4v) is 2.08. The number of anilines is 1. The molecule has 2 rings (SSSR count). The molecule has 0 heterocycles. The van der Waals surface area contributed by atoms with Crippen molar-refractivity contribution in [3.63, 3.8) is 0 Å². The lowest BCUT2D eigenvalue weighted by Gasteiger charge is -2.17. The molecular weight excluding hydrogens is 312 g/mol. The molecule has 7 heteroatoms. The van der Waals surface area contributed by atoms with E-state index in [4.69, 9.17) is 9.47 Å². The molecule has 0 spiro atoms. The third-order valence-electron chi connectivity index (χ3n) is 3.31. The maximum Gasteiger partial charge on any atom is 0.271 e. The van der Waals surface area contributed by atoms with Crippen LogP contribution in [0.15, 0.2) is 48.5 Å². The van der Waals surface area contributed by atoms with Gasteiger partial charge in [0.25, 0.3) is 11.6 Å². The Kier molecular flexibility index (Phi) is 5.73. The average Bonchev–Trinajstić information content (AvgIpc) is 2.59. The topological polar surface area (TPSA) is 90.7 Å². The van der Waals surface area contributed by atoms with Crippen molar-refractivity contribution in [2.24, 2.45) is 0 Å². The largest absolute Gasteiger partial charge is 0.497 e. The van der Waals surface area contributed by atoms with E-state index in [0.29, 0.717) is 23.6 Å². The van der Waals surface area contributed by atoms with E-state index in [-0.39, 0.29) is 11.6 Å². The van der Waals surface area contributed by atoms with Gasteiger partial charge in [0.15, 0.2) is 6.10 Å². The van der Waals surface area contributed by atoms with Gasteiger partial charge in [-0.25, -0.2) is 0 Å². The molecule has 2 aromatic rings. The number of hydrogen-bond acceptors (Lipinski definition) is 5. The molecule has 0 saturated heterocycles. The molecule has 2 aromatic carbocycles. The number of nitrogens with zero attached hydrogens (tertiary/aromatic N) is 1. The lowest BCUT2D eigenvalue weighted by Crippen LogP contribution is -2.32. The van der Waals surface area contributed by atoms with Gasteiger partial charge in [-0.05, 0) is 24.6 Å². The molecule has 0 saturated carbocycles. The molecule has 1 N–H and O–H groups in total. The smallest absolute Gasteiger partial charge is 0.271 e. The summed E-state index contributed by atoms with van der Waals surface area (Å²) in [5.41, 5.74) is 0.261. The Balaban J connectivity index is 2.08. The number of rotatable bonds is 7. The van der Waals surface area contributed by atoms with Crippen molar-refractivity contribution in [3.8, 4) is 11.5 Å². The molecule has 0 radical (unpaired) electrons. The number of nitro groups is 1. The predicted molar refractivity (Wildman–Crippen MR) is 89.4 cm³/mol. The molecule has 0 aliphatic heterocycles. The van der Waals surface area contributed by atoms with Crippen molar-refractivity contribution in [2.45, 2.75) is 19.4 Å². The number of carbonyl (C=O) groups is 1. The third-order valence-corrected chi connectivity index (χ3v) is 3.31. The molecule has 0 aliphatic carbocycles. The fraction of sp³-hybridized carbons (Fsp3) is 0.235. The predicted octanol–water partition coefficient (Wildman–Crippen LogP) is 3.40. The number of nitrogens with one attached hydrogen (secondary N) is 1. The number of hydrogen-bond donors (Lipinski definition) is 1. The van der Waals surface area contributed by atoms with E-state index in [2.05, 4.69) is 5.32 Å². The van der Waals surface area contributed by atoms with Crippen molar-refractivity contribution in [2.75, 3.05) is 12.4 Å². The number of methoxy groups -OCH3 is 1. The lowest BCUT2D eigenvalue weighted by molar-refractivity contribution is -0.384. The van der Waals surface area contributed by atoms with Gasteiger partial charge in [-0.3, -0.25) is 14.9 Å². The summed E-state index contributed by atoms with van der Waals surface area (Å²) >= 11 is 0. The van der Waals surface area contributed by atoms with E-state index >= 15 is 0 Å². The van der Waals surface area contributed by atoms with Gasteiger partial charge in [-0.15, -0.1) is 0 Å². The summed E-state index contributed by atoms with van der Waals surface area (Å²) in [4.78, 5) is 22.6. The fourth-order valence-electron chi connectivity index (χ4n) is 2.08. The van der Waals surface area contributed by atoms with E-state index in [1.54, 1.807) is 37.4 Å². The van der Waals surface area contributed by atoms with Crippen LogP contribution in [0.3, 0.4) is 0 Å². The zero-order chi connectivity index (χ0) is 17.5. The molecule has 0 bridgehead atoms. The number of non-ortho nitro benzene ring substituents is 1. The highest BCUT2D eigenvalue weighted by Crippen LogP contribution is 2.22. The third kappa shape index (κ3) is 4.45. The minimum absolute atomic E-state index is 0.0884. The summed E-state index contributed by atoms with van der Waals surface area (Å²) in [5, 5.41) is 13.4. The maximum absolute atomic E-state index is 12.3. The van der Waals surface area contributed by atoms with Crippen LogP contribution in [0.5, 0.6) is 11.5 Å². The summed E-state index contributed by atoms with van der Waals surface area (Å²) in [6.07, 6.45) is -0.283. The Morgan fingerprint density at radius 2 is 1.92 bits per heavy atom. The molecule has 1 amide bonds. The van der Waals surface area contributed by atoms with Crippen molar-refractivity contribution in [1.82, 2.24) is 0 Å². The van der Waals surface area contributed by atoms with Crippen molar-refractivity contribution < 1.29 is 19.2 Å². The summed E-state index contributed by atoms with van der Waals surface area (Å²) in [7, 11) is 1.55. The summed E-state index contributed by atoms with van der Waals surface area (Å²) < 4.78 is 10.8. The highest BCUT2D eigenvalue weighted by molar-refractivity contribution is 5.94. The Hall–Kier alpha value is -3.09. The van der Waals surface area contributed by atoms with E-state index in [0.717, 1.165) is 0 Å². The summed E-state index contributed by atoms with van der Waals surface area (Å²) in [6.45, 7) is 1.82. The van der Waals surface area contributed by atoms with Crippen LogP contribution in [-0.2, 0) is 4.79 Å². The van der Waals surface area contributed by atoms with Crippen LogP contribution >= 0.6 is 0 Å².